The number of carbonyl (C=O) groups is 2. The largest absolute Gasteiger partial charge is 0.479 e. The number of rotatable bonds is 4. The highest BCUT2D eigenvalue weighted by molar-refractivity contribution is 6.00. The van der Waals surface area contributed by atoms with Crippen molar-refractivity contribution < 1.29 is 14.3 Å². The standard InChI is InChI=1S/C18H25N3O3.ClH/c1-12-9-14(10-19)11-21(12)17(22)7-8-20-15-5-3-4-6-16(15)24-13(2)18(20)23;/h3-6,12-14H,7-11,19H2,1-2H3;1H. The van der Waals surface area contributed by atoms with Gasteiger partial charge in [-0.2, -0.15) is 0 Å². The van der Waals surface area contributed by atoms with Crippen LogP contribution in [-0.2, 0) is 9.59 Å². The van der Waals surface area contributed by atoms with Crippen LogP contribution in [0.3, 0.4) is 0 Å². The maximum atomic E-state index is 12.6. The summed E-state index contributed by atoms with van der Waals surface area (Å²) in [4.78, 5) is 28.6. The van der Waals surface area contributed by atoms with Crippen molar-refractivity contribution in [3.63, 3.8) is 0 Å². The molecular weight excluding hydrogens is 342 g/mol. The number of halogens is 1. The molecule has 0 saturated carbocycles. The third kappa shape index (κ3) is 3.90. The maximum absolute atomic E-state index is 12.6. The third-order valence-corrected chi connectivity index (χ3v) is 4.94. The predicted molar refractivity (Wildman–Crippen MR) is 99.1 cm³/mol. The Balaban J connectivity index is 0.00000225. The highest BCUT2D eigenvalue weighted by Gasteiger charge is 2.34. The number of benzene rings is 1. The normalized spacial score (nSPS) is 25.2. The second-order valence-electron chi connectivity index (χ2n) is 6.70. The molecule has 138 valence electrons. The van der Waals surface area contributed by atoms with Crippen LogP contribution in [0.15, 0.2) is 24.3 Å². The molecule has 0 aliphatic carbocycles. The summed E-state index contributed by atoms with van der Waals surface area (Å²) in [6.45, 7) is 5.51. The van der Waals surface area contributed by atoms with E-state index in [9.17, 15) is 9.59 Å². The van der Waals surface area contributed by atoms with Crippen LogP contribution >= 0.6 is 12.4 Å². The Kier molecular flexibility index (Phi) is 6.30. The lowest BCUT2D eigenvalue weighted by molar-refractivity contribution is -0.131. The lowest BCUT2D eigenvalue weighted by atomic mass is 10.1. The summed E-state index contributed by atoms with van der Waals surface area (Å²) >= 11 is 0. The van der Waals surface area contributed by atoms with Crippen molar-refractivity contribution in [1.29, 1.82) is 0 Å². The monoisotopic (exact) mass is 367 g/mol. The molecule has 3 unspecified atom stereocenters. The van der Waals surface area contributed by atoms with Crippen molar-refractivity contribution in [2.75, 3.05) is 24.5 Å². The average molecular weight is 368 g/mol. The number of nitrogens with zero attached hydrogens (tertiary/aromatic N) is 2. The molecule has 1 aromatic rings. The molecule has 2 heterocycles. The maximum Gasteiger partial charge on any atom is 0.267 e. The number of nitrogens with two attached hydrogens (primary N) is 1. The van der Waals surface area contributed by atoms with Gasteiger partial charge in [-0.15, -0.1) is 12.4 Å². The molecule has 6 nitrogen and oxygen atoms in total. The highest BCUT2D eigenvalue weighted by Crippen LogP contribution is 2.33. The molecule has 2 N–H and O–H groups in total. The molecule has 0 aromatic heterocycles. The van der Waals surface area contributed by atoms with Gasteiger partial charge in [0, 0.05) is 25.6 Å². The topological polar surface area (TPSA) is 75.9 Å². The minimum absolute atomic E-state index is 0. The van der Waals surface area contributed by atoms with Crippen LogP contribution in [0, 0.1) is 5.92 Å². The van der Waals surface area contributed by atoms with Gasteiger partial charge in [0.25, 0.3) is 5.91 Å². The van der Waals surface area contributed by atoms with Gasteiger partial charge in [-0.05, 0) is 44.9 Å². The van der Waals surface area contributed by atoms with Gasteiger partial charge in [-0.3, -0.25) is 9.59 Å². The fourth-order valence-electron chi connectivity index (χ4n) is 3.60. The lowest BCUT2D eigenvalue weighted by Crippen LogP contribution is -2.46. The van der Waals surface area contributed by atoms with E-state index in [4.69, 9.17) is 10.5 Å². The molecule has 1 fully saturated rings. The molecule has 1 saturated heterocycles. The summed E-state index contributed by atoms with van der Waals surface area (Å²) in [5.41, 5.74) is 6.47. The Morgan fingerprint density at radius 1 is 1.32 bits per heavy atom. The Hall–Kier alpha value is -1.79. The molecule has 1 aromatic carbocycles. The first-order valence-electron chi connectivity index (χ1n) is 8.58. The zero-order valence-corrected chi connectivity index (χ0v) is 15.5. The molecular formula is C18H26ClN3O3. The SMILES string of the molecule is CC1Oc2ccccc2N(CCC(=O)N2CC(CN)CC2C)C1=O.Cl. The smallest absolute Gasteiger partial charge is 0.267 e. The fourth-order valence-corrected chi connectivity index (χ4v) is 3.60. The van der Waals surface area contributed by atoms with Crippen molar-refractivity contribution >= 4 is 29.9 Å². The van der Waals surface area contributed by atoms with Gasteiger partial charge >= 0.3 is 0 Å². The number of fused-ring (bicyclic) bond motifs is 1. The van der Waals surface area contributed by atoms with Gasteiger partial charge in [0.15, 0.2) is 6.10 Å². The summed E-state index contributed by atoms with van der Waals surface area (Å²) in [5, 5.41) is 0. The van der Waals surface area contributed by atoms with Crippen LogP contribution in [-0.4, -0.2) is 48.5 Å². The molecule has 0 radical (unpaired) electrons. The summed E-state index contributed by atoms with van der Waals surface area (Å²) in [7, 11) is 0. The fraction of sp³-hybridized carbons (Fsp3) is 0.556. The second kappa shape index (κ2) is 8.06. The van der Waals surface area contributed by atoms with E-state index in [1.807, 2.05) is 29.2 Å². The summed E-state index contributed by atoms with van der Waals surface area (Å²) < 4.78 is 5.63. The van der Waals surface area contributed by atoms with Crippen LogP contribution in [0.4, 0.5) is 5.69 Å². The summed E-state index contributed by atoms with van der Waals surface area (Å²) in [6.07, 6.45) is 0.745. The first-order valence-corrected chi connectivity index (χ1v) is 8.58. The lowest BCUT2D eigenvalue weighted by Gasteiger charge is -2.33. The first kappa shape index (κ1) is 19.5. The van der Waals surface area contributed by atoms with Gasteiger partial charge in [0.1, 0.15) is 5.75 Å². The predicted octanol–water partition coefficient (Wildman–Crippen LogP) is 1.81. The van der Waals surface area contributed by atoms with Crippen LogP contribution in [0.2, 0.25) is 0 Å². The summed E-state index contributed by atoms with van der Waals surface area (Å²) in [6, 6.07) is 7.67. The Morgan fingerprint density at radius 2 is 2.04 bits per heavy atom. The third-order valence-electron chi connectivity index (χ3n) is 4.94. The van der Waals surface area contributed by atoms with Crippen LogP contribution in [0.25, 0.3) is 0 Å². The van der Waals surface area contributed by atoms with Crippen molar-refractivity contribution in [2.24, 2.45) is 11.7 Å². The quantitative estimate of drug-likeness (QED) is 0.880. The number of para-hydroxylation sites is 2. The number of ether oxygens (including phenoxy) is 1. The highest BCUT2D eigenvalue weighted by atomic mass is 35.5. The molecule has 2 aliphatic rings. The second-order valence-corrected chi connectivity index (χ2v) is 6.70. The molecule has 0 bridgehead atoms. The molecule has 3 rings (SSSR count). The van der Waals surface area contributed by atoms with Crippen molar-refractivity contribution in [3.05, 3.63) is 24.3 Å². The Bertz CT molecular complexity index is 640. The molecule has 3 atom stereocenters. The summed E-state index contributed by atoms with van der Waals surface area (Å²) in [5.74, 6) is 1.06. The van der Waals surface area contributed by atoms with Gasteiger partial charge in [0.05, 0.1) is 5.69 Å². The van der Waals surface area contributed by atoms with E-state index >= 15 is 0 Å². The van der Waals surface area contributed by atoms with Gasteiger partial charge < -0.3 is 20.3 Å². The van der Waals surface area contributed by atoms with E-state index in [-0.39, 0.29) is 30.3 Å². The Labute approximate surface area is 154 Å². The molecule has 0 spiro atoms. The zero-order chi connectivity index (χ0) is 17.3. The molecule has 2 amide bonds. The Morgan fingerprint density at radius 3 is 2.72 bits per heavy atom. The van der Waals surface area contributed by atoms with Crippen LogP contribution in [0.1, 0.15) is 26.7 Å². The first-order chi connectivity index (χ1) is 11.5. The molecule has 25 heavy (non-hydrogen) atoms. The number of anilines is 1. The van der Waals surface area contributed by atoms with E-state index < -0.39 is 6.10 Å². The van der Waals surface area contributed by atoms with E-state index in [0.29, 0.717) is 31.2 Å². The molecule has 2 aliphatic heterocycles. The van der Waals surface area contributed by atoms with Crippen molar-refractivity contribution in [2.45, 2.75) is 38.8 Å². The van der Waals surface area contributed by atoms with Gasteiger partial charge in [0.2, 0.25) is 5.91 Å². The number of hydrogen-bond acceptors (Lipinski definition) is 4. The van der Waals surface area contributed by atoms with E-state index in [0.717, 1.165) is 18.7 Å². The number of hydrogen-bond donors (Lipinski definition) is 1. The van der Waals surface area contributed by atoms with E-state index in [1.165, 1.54) is 0 Å². The van der Waals surface area contributed by atoms with Crippen molar-refractivity contribution in [1.82, 2.24) is 4.90 Å². The average Bonchev–Trinajstić information content (AvgIpc) is 2.96. The van der Waals surface area contributed by atoms with Crippen LogP contribution < -0.4 is 15.4 Å². The van der Waals surface area contributed by atoms with Gasteiger partial charge in [-0.1, -0.05) is 12.1 Å². The number of likely N-dealkylation sites (tertiary alicyclic amines) is 1. The number of carbonyl (C=O) groups excluding carboxylic acids is 2. The zero-order valence-electron chi connectivity index (χ0n) is 14.7. The minimum Gasteiger partial charge on any atom is -0.479 e. The van der Waals surface area contributed by atoms with Gasteiger partial charge in [-0.25, -0.2) is 0 Å². The number of amides is 2. The van der Waals surface area contributed by atoms with Crippen LogP contribution in [0.5, 0.6) is 5.75 Å². The van der Waals surface area contributed by atoms with E-state index in [1.54, 1.807) is 11.8 Å². The van der Waals surface area contributed by atoms with E-state index in [2.05, 4.69) is 6.92 Å². The molecule has 7 heteroatoms. The minimum atomic E-state index is -0.526. The van der Waals surface area contributed by atoms with Crippen molar-refractivity contribution in [3.8, 4) is 5.75 Å².